The Morgan fingerprint density at radius 3 is 2.67 bits per heavy atom. The minimum Gasteiger partial charge on any atom is -0.507 e. The molecule has 33 heavy (non-hydrogen) atoms. The van der Waals surface area contributed by atoms with Gasteiger partial charge >= 0.3 is 5.97 Å². The maximum atomic E-state index is 13.1. The van der Waals surface area contributed by atoms with Crippen LogP contribution in [0.3, 0.4) is 0 Å². The smallest absolute Gasteiger partial charge is 0.310 e. The van der Waals surface area contributed by atoms with Crippen LogP contribution < -0.4 is 14.9 Å². The van der Waals surface area contributed by atoms with Crippen LogP contribution in [-0.4, -0.2) is 42.8 Å². The first-order chi connectivity index (χ1) is 16.0. The second-order valence-electron chi connectivity index (χ2n) is 7.97. The highest BCUT2D eigenvalue weighted by molar-refractivity contribution is 5.83. The monoisotopic (exact) mass is 453 g/mol. The lowest BCUT2D eigenvalue weighted by Crippen LogP contribution is -2.39. The number of rotatable bonds is 7. The number of aromatic hydroxyl groups is 1. The van der Waals surface area contributed by atoms with E-state index in [-0.39, 0.29) is 28.8 Å². The van der Waals surface area contributed by atoms with Gasteiger partial charge in [-0.3, -0.25) is 14.5 Å². The van der Waals surface area contributed by atoms with Gasteiger partial charge in [0.25, 0.3) is 0 Å². The number of carbonyl (C=O) groups is 1. The van der Waals surface area contributed by atoms with Gasteiger partial charge in [-0.25, -0.2) is 0 Å². The van der Waals surface area contributed by atoms with E-state index in [4.69, 9.17) is 18.6 Å². The van der Waals surface area contributed by atoms with Crippen molar-refractivity contribution in [1.82, 2.24) is 4.90 Å². The van der Waals surface area contributed by atoms with Crippen LogP contribution in [0.2, 0.25) is 0 Å². The first-order valence-electron chi connectivity index (χ1n) is 11.0. The number of hydrogen-bond acceptors (Lipinski definition) is 8. The number of esters is 1. The van der Waals surface area contributed by atoms with Gasteiger partial charge in [-0.05, 0) is 62.7 Å². The zero-order valence-corrected chi connectivity index (χ0v) is 18.7. The van der Waals surface area contributed by atoms with Crippen molar-refractivity contribution < 1.29 is 28.5 Å². The van der Waals surface area contributed by atoms with Gasteiger partial charge in [0.1, 0.15) is 29.1 Å². The Labute approximate surface area is 191 Å². The molecule has 8 heteroatoms. The van der Waals surface area contributed by atoms with E-state index in [0.717, 1.165) is 19.4 Å². The Balaban J connectivity index is 1.59. The van der Waals surface area contributed by atoms with Gasteiger partial charge in [0.15, 0.2) is 0 Å². The van der Waals surface area contributed by atoms with Gasteiger partial charge in [0, 0.05) is 13.1 Å². The number of likely N-dealkylation sites (tertiary alicyclic amines) is 1. The van der Waals surface area contributed by atoms with E-state index < -0.39 is 0 Å². The number of benzene rings is 2. The number of fused-ring (bicyclic) bond motifs is 1. The van der Waals surface area contributed by atoms with Gasteiger partial charge in [-0.1, -0.05) is 0 Å². The molecule has 1 atom stereocenters. The van der Waals surface area contributed by atoms with Crippen molar-refractivity contribution in [2.45, 2.75) is 26.3 Å². The number of hydrogen-bond donors (Lipinski definition) is 1. The summed E-state index contributed by atoms with van der Waals surface area (Å²) in [7, 11) is 1.57. The van der Waals surface area contributed by atoms with E-state index in [2.05, 4.69) is 4.90 Å². The Morgan fingerprint density at radius 1 is 1.18 bits per heavy atom. The van der Waals surface area contributed by atoms with Gasteiger partial charge < -0.3 is 23.7 Å². The number of phenolic OH excluding ortho intramolecular Hbond substituents is 1. The topological polar surface area (TPSA) is 98.4 Å². The van der Waals surface area contributed by atoms with E-state index in [1.54, 1.807) is 38.3 Å². The number of ether oxygens (including phenoxy) is 3. The van der Waals surface area contributed by atoms with Gasteiger partial charge in [-0.15, -0.1) is 0 Å². The maximum absolute atomic E-state index is 13.1. The molecule has 1 fully saturated rings. The second kappa shape index (κ2) is 9.95. The molecular weight excluding hydrogens is 426 g/mol. The van der Waals surface area contributed by atoms with Crippen molar-refractivity contribution in [3.63, 3.8) is 0 Å². The molecule has 174 valence electrons. The molecule has 2 aromatic carbocycles. The second-order valence-corrected chi connectivity index (χ2v) is 7.97. The maximum Gasteiger partial charge on any atom is 0.310 e. The molecule has 0 aliphatic carbocycles. The van der Waals surface area contributed by atoms with Crippen molar-refractivity contribution in [3.8, 4) is 23.0 Å². The molecule has 1 saturated heterocycles. The van der Waals surface area contributed by atoms with E-state index in [1.807, 2.05) is 0 Å². The van der Waals surface area contributed by atoms with Gasteiger partial charge in [0.05, 0.1) is 30.6 Å². The Kier molecular flexibility index (Phi) is 6.84. The van der Waals surface area contributed by atoms with Crippen LogP contribution in [0.4, 0.5) is 0 Å². The Morgan fingerprint density at radius 2 is 1.94 bits per heavy atom. The number of phenols is 1. The normalized spacial score (nSPS) is 16.5. The summed E-state index contributed by atoms with van der Waals surface area (Å²) in [5.41, 5.74) is 0.474. The van der Waals surface area contributed by atoms with Gasteiger partial charge in [-0.2, -0.15) is 0 Å². The third-order valence-corrected chi connectivity index (χ3v) is 5.78. The lowest BCUT2D eigenvalue weighted by Gasteiger charge is -2.31. The molecule has 3 aromatic rings. The molecule has 1 aliphatic heterocycles. The van der Waals surface area contributed by atoms with Crippen molar-refractivity contribution in [3.05, 3.63) is 58.4 Å². The van der Waals surface area contributed by atoms with Crippen molar-refractivity contribution >= 4 is 16.9 Å². The zero-order valence-electron chi connectivity index (χ0n) is 18.7. The summed E-state index contributed by atoms with van der Waals surface area (Å²) in [6, 6.07) is 9.87. The molecule has 0 saturated carbocycles. The highest BCUT2D eigenvalue weighted by Gasteiger charge is 2.28. The van der Waals surface area contributed by atoms with Crippen LogP contribution in [0.5, 0.6) is 23.0 Å². The minimum absolute atomic E-state index is 0.0349. The molecule has 0 radical (unpaired) electrons. The minimum atomic E-state index is -0.337. The molecule has 4 rings (SSSR count). The first kappa shape index (κ1) is 22.7. The summed E-state index contributed by atoms with van der Waals surface area (Å²) in [5.74, 6) is 0.830. The lowest BCUT2D eigenvalue weighted by molar-refractivity contribution is -0.150. The predicted octanol–water partition coefficient (Wildman–Crippen LogP) is 4.07. The van der Waals surface area contributed by atoms with E-state index >= 15 is 0 Å². The molecule has 1 aliphatic rings. The van der Waals surface area contributed by atoms with Gasteiger partial charge in [0.2, 0.25) is 11.2 Å². The third-order valence-electron chi connectivity index (χ3n) is 5.78. The molecule has 0 amide bonds. The Hall–Kier alpha value is -3.52. The van der Waals surface area contributed by atoms with E-state index in [1.165, 1.54) is 18.4 Å². The van der Waals surface area contributed by atoms with Crippen molar-refractivity contribution in [1.29, 1.82) is 0 Å². The molecule has 0 bridgehead atoms. The van der Waals surface area contributed by atoms with Crippen LogP contribution in [0, 0.1) is 5.92 Å². The highest BCUT2D eigenvalue weighted by Crippen LogP contribution is 2.31. The third kappa shape index (κ3) is 4.96. The van der Waals surface area contributed by atoms with Crippen LogP contribution in [-0.2, 0) is 16.1 Å². The predicted molar refractivity (Wildman–Crippen MR) is 122 cm³/mol. The fourth-order valence-electron chi connectivity index (χ4n) is 4.10. The fraction of sp³-hybridized carbons (Fsp3) is 0.360. The van der Waals surface area contributed by atoms with Crippen LogP contribution in [0.1, 0.15) is 25.3 Å². The fourth-order valence-corrected chi connectivity index (χ4v) is 4.10. The summed E-state index contributed by atoms with van der Waals surface area (Å²) < 4.78 is 21.8. The number of piperidine rings is 1. The van der Waals surface area contributed by atoms with Crippen molar-refractivity contribution in [2.24, 2.45) is 5.92 Å². The number of nitrogens with zero attached hydrogens (tertiary/aromatic N) is 1. The summed E-state index contributed by atoms with van der Waals surface area (Å²) >= 11 is 0. The summed E-state index contributed by atoms with van der Waals surface area (Å²) in [5, 5.41) is 10.8. The van der Waals surface area contributed by atoms with Crippen LogP contribution in [0.15, 0.2) is 51.9 Å². The van der Waals surface area contributed by atoms with Crippen molar-refractivity contribution in [2.75, 3.05) is 26.8 Å². The average Bonchev–Trinajstić information content (AvgIpc) is 2.83. The van der Waals surface area contributed by atoms with E-state index in [0.29, 0.717) is 47.7 Å². The SMILES string of the molecule is CCOC(=O)C1CCCN(Cc2c(O)ccc3c(=O)c(Oc4ccc(OC)cc4)coc23)C1. The molecular formula is C25H27NO7. The number of carbonyl (C=O) groups excluding carboxylic acids is 1. The van der Waals surface area contributed by atoms with Crippen LogP contribution >= 0.6 is 0 Å². The Bertz CT molecular complexity index is 1190. The number of methoxy groups -OCH3 is 1. The first-order valence-corrected chi connectivity index (χ1v) is 11.0. The lowest BCUT2D eigenvalue weighted by atomic mass is 9.97. The average molecular weight is 453 g/mol. The highest BCUT2D eigenvalue weighted by atomic mass is 16.5. The molecule has 1 unspecified atom stereocenters. The summed E-state index contributed by atoms with van der Waals surface area (Å²) in [4.78, 5) is 27.3. The largest absolute Gasteiger partial charge is 0.507 e. The quantitative estimate of drug-likeness (QED) is 0.535. The van der Waals surface area contributed by atoms with E-state index in [9.17, 15) is 14.7 Å². The summed E-state index contributed by atoms with van der Waals surface area (Å²) in [6.07, 6.45) is 2.88. The summed E-state index contributed by atoms with van der Waals surface area (Å²) in [6.45, 7) is 3.79. The van der Waals surface area contributed by atoms with Crippen LogP contribution in [0.25, 0.3) is 11.0 Å². The standard InChI is InChI=1S/C25H27NO7/c1-3-31-25(29)16-5-4-12-26(13-16)14-20-21(27)11-10-19-23(28)22(15-32-24(19)20)33-18-8-6-17(30-2)7-9-18/h6-11,15-16,27H,3-5,12-14H2,1-2H3. The molecule has 1 N–H and O–H groups in total. The zero-order chi connectivity index (χ0) is 23.4. The molecule has 8 nitrogen and oxygen atoms in total. The molecule has 2 heterocycles. The molecule has 1 aromatic heterocycles. The molecule has 0 spiro atoms.